The maximum atomic E-state index is 9.45. The van der Waals surface area contributed by atoms with E-state index in [0.717, 1.165) is 24.4 Å². The molecule has 20 heavy (non-hydrogen) atoms. The molecule has 1 aliphatic carbocycles. The third kappa shape index (κ3) is 3.57. The van der Waals surface area contributed by atoms with Crippen molar-refractivity contribution in [1.29, 1.82) is 0 Å². The van der Waals surface area contributed by atoms with Gasteiger partial charge < -0.3 is 20.9 Å². The summed E-state index contributed by atoms with van der Waals surface area (Å²) < 4.78 is 5.51. The van der Waals surface area contributed by atoms with E-state index >= 15 is 0 Å². The SMILES string of the molecule is CCOc1cccc(NCC2CCCCC2CO)c1N. The van der Waals surface area contributed by atoms with Crippen LogP contribution in [-0.4, -0.2) is 24.9 Å². The van der Waals surface area contributed by atoms with E-state index < -0.39 is 0 Å². The second kappa shape index (κ2) is 7.39. The molecule has 2 rings (SSSR count). The Bertz CT molecular complexity index is 423. The third-order valence-corrected chi connectivity index (χ3v) is 4.22. The van der Waals surface area contributed by atoms with E-state index in [1.807, 2.05) is 25.1 Å². The molecule has 2 unspecified atom stereocenters. The minimum atomic E-state index is 0.292. The fourth-order valence-corrected chi connectivity index (χ4v) is 3.01. The molecule has 112 valence electrons. The lowest BCUT2D eigenvalue weighted by Crippen LogP contribution is -2.28. The lowest BCUT2D eigenvalue weighted by atomic mass is 9.79. The van der Waals surface area contributed by atoms with Crippen LogP contribution in [0.5, 0.6) is 5.75 Å². The van der Waals surface area contributed by atoms with Crippen molar-refractivity contribution in [3.8, 4) is 5.75 Å². The summed E-state index contributed by atoms with van der Waals surface area (Å²) in [4.78, 5) is 0. The second-order valence-corrected chi connectivity index (χ2v) is 5.52. The Hall–Kier alpha value is -1.42. The summed E-state index contributed by atoms with van der Waals surface area (Å²) in [5, 5.41) is 12.9. The van der Waals surface area contributed by atoms with Crippen LogP contribution in [0.3, 0.4) is 0 Å². The number of rotatable bonds is 6. The molecule has 2 atom stereocenters. The molecule has 1 aliphatic rings. The number of aliphatic hydroxyl groups is 1. The van der Waals surface area contributed by atoms with Gasteiger partial charge in [-0.3, -0.25) is 0 Å². The van der Waals surface area contributed by atoms with Crippen LogP contribution in [0.4, 0.5) is 11.4 Å². The Labute approximate surface area is 121 Å². The number of nitrogens with two attached hydrogens (primary N) is 1. The first kappa shape index (κ1) is 15.0. The quantitative estimate of drug-likeness (QED) is 0.700. The van der Waals surface area contributed by atoms with Crippen LogP contribution in [0.1, 0.15) is 32.6 Å². The normalized spacial score (nSPS) is 22.5. The molecule has 0 saturated heterocycles. The highest BCUT2D eigenvalue weighted by molar-refractivity contribution is 5.72. The Morgan fingerprint density at radius 1 is 1.30 bits per heavy atom. The van der Waals surface area contributed by atoms with Gasteiger partial charge in [0.25, 0.3) is 0 Å². The number of nitrogen functional groups attached to an aromatic ring is 1. The van der Waals surface area contributed by atoms with Gasteiger partial charge in [0.2, 0.25) is 0 Å². The average molecular weight is 278 g/mol. The lowest BCUT2D eigenvalue weighted by molar-refractivity contribution is 0.141. The van der Waals surface area contributed by atoms with Crippen LogP contribution in [-0.2, 0) is 0 Å². The zero-order valence-electron chi connectivity index (χ0n) is 12.3. The molecule has 1 aromatic carbocycles. The Kier molecular flexibility index (Phi) is 5.53. The molecule has 1 fully saturated rings. The largest absolute Gasteiger partial charge is 0.492 e. The molecule has 0 radical (unpaired) electrons. The third-order valence-electron chi connectivity index (χ3n) is 4.22. The summed E-state index contributed by atoms with van der Waals surface area (Å²) in [6.07, 6.45) is 4.82. The summed E-state index contributed by atoms with van der Waals surface area (Å²) in [6, 6.07) is 5.82. The van der Waals surface area contributed by atoms with Crippen molar-refractivity contribution < 1.29 is 9.84 Å². The number of benzene rings is 1. The summed E-state index contributed by atoms with van der Waals surface area (Å²) >= 11 is 0. The number of hydrogen-bond acceptors (Lipinski definition) is 4. The van der Waals surface area contributed by atoms with Crippen molar-refractivity contribution >= 4 is 11.4 Å². The van der Waals surface area contributed by atoms with E-state index in [1.165, 1.54) is 19.3 Å². The van der Waals surface area contributed by atoms with Crippen LogP contribution in [0, 0.1) is 11.8 Å². The Balaban J connectivity index is 1.97. The van der Waals surface area contributed by atoms with E-state index in [0.29, 0.717) is 30.7 Å². The van der Waals surface area contributed by atoms with Crippen LogP contribution >= 0.6 is 0 Å². The molecule has 0 spiro atoms. The van der Waals surface area contributed by atoms with Crippen molar-refractivity contribution in [2.45, 2.75) is 32.6 Å². The van der Waals surface area contributed by atoms with Crippen LogP contribution in [0.15, 0.2) is 18.2 Å². The number of ether oxygens (including phenoxy) is 1. The maximum absolute atomic E-state index is 9.45. The maximum Gasteiger partial charge on any atom is 0.144 e. The number of anilines is 2. The highest BCUT2D eigenvalue weighted by Gasteiger charge is 2.24. The molecule has 4 N–H and O–H groups in total. The fraction of sp³-hybridized carbons (Fsp3) is 0.625. The topological polar surface area (TPSA) is 67.5 Å². The molecule has 4 nitrogen and oxygen atoms in total. The number of nitrogens with one attached hydrogen (secondary N) is 1. The van der Waals surface area contributed by atoms with E-state index in [9.17, 15) is 5.11 Å². The lowest BCUT2D eigenvalue weighted by Gasteiger charge is -2.30. The van der Waals surface area contributed by atoms with E-state index in [2.05, 4.69) is 5.32 Å². The molecular formula is C16H26N2O2. The number of para-hydroxylation sites is 1. The van der Waals surface area contributed by atoms with Crippen LogP contribution in [0.2, 0.25) is 0 Å². The minimum Gasteiger partial charge on any atom is -0.492 e. The van der Waals surface area contributed by atoms with Crippen molar-refractivity contribution in [3.63, 3.8) is 0 Å². The predicted molar refractivity (Wildman–Crippen MR) is 83.0 cm³/mol. The molecule has 0 aromatic heterocycles. The smallest absolute Gasteiger partial charge is 0.144 e. The van der Waals surface area contributed by atoms with Gasteiger partial charge in [-0.25, -0.2) is 0 Å². The minimum absolute atomic E-state index is 0.292. The molecule has 0 bridgehead atoms. The van der Waals surface area contributed by atoms with Crippen LogP contribution in [0.25, 0.3) is 0 Å². The first-order chi connectivity index (χ1) is 9.76. The average Bonchev–Trinajstić information content (AvgIpc) is 2.48. The van der Waals surface area contributed by atoms with E-state index in [-0.39, 0.29) is 0 Å². The summed E-state index contributed by atoms with van der Waals surface area (Å²) in [6.45, 7) is 3.72. The predicted octanol–water partition coefficient (Wildman–Crippen LogP) is 2.88. The molecule has 1 aromatic rings. The van der Waals surface area contributed by atoms with E-state index in [4.69, 9.17) is 10.5 Å². The van der Waals surface area contributed by atoms with Crippen LogP contribution < -0.4 is 15.8 Å². The summed E-state index contributed by atoms with van der Waals surface area (Å²) in [5.41, 5.74) is 7.72. The molecule has 4 heteroatoms. The van der Waals surface area contributed by atoms with Gasteiger partial charge in [0.1, 0.15) is 5.75 Å². The number of aliphatic hydroxyl groups excluding tert-OH is 1. The molecule has 1 saturated carbocycles. The monoisotopic (exact) mass is 278 g/mol. The molecular weight excluding hydrogens is 252 g/mol. The van der Waals surface area contributed by atoms with Crippen molar-refractivity contribution in [2.24, 2.45) is 11.8 Å². The van der Waals surface area contributed by atoms with Gasteiger partial charge in [0.05, 0.1) is 18.0 Å². The van der Waals surface area contributed by atoms with Gasteiger partial charge in [-0.15, -0.1) is 0 Å². The molecule has 0 aliphatic heterocycles. The molecule has 0 heterocycles. The van der Waals surface area contributed by atoms with Gasteiger partial charge >= 0.3 is 0 Å². The highest BCUT2D eigenvalue weighted by Crippen LogP contribution is 2.32. The van der Waals surface area contributed by atoms with Gasteiger partial charge in [0.15, 0.2) is 0 Å². The van der Waals surface area contributed by atoms with Gasteiger partial charge in [-0.1, -0.05) is 18.9 Å². The highest BCUT2D eigenvalue weighted by atomic mass is 16.5. The van der Waals surface area contributed by atoms with Crippen molar-refractivity contribution in [1.82, 2.24) is 0 Å². The van der Waals surface area contributed by atoms with Crippen molar-refractivity contribution in [3.05, 3.63) is 18.2 Å². The standard InChI is InChI=1S/C16H26N2O2/c1-2-20-15-9-5-8-14(16(15)17)18-10-12-6-3-4-7-13(12)11-19/h5,8-9,12-13,18-19H,2-4,6-7,10-11,17H2,1H3. The Morgan fingerprint density at radius 2 is 2.05 bits per heavy atom. The molecule has 0 amide bonds. The van der Waals surface area contributed by atoms with Crippen molar-refractivity contribution in [2.75, 3.05) is 30.8 Å². The van der Waals surface area contributed by atoms with Gasteiger partial charge in [-0.2, -0.15) is 0 Å². The Morgan fingerprint density at radius 3 is 2.75 bits per heavy atom. The zero-order valence-corrected chi connectivity index (χ0v) is 12.3. The van der Waals surface area contributed by atoms with E-state index in [1.54, 1.807) is 0 Å². The number of hydrogen-bond donors (Lipinski definition) is 3. The summed E-state index contributed by atoms with van der Waals surface area (Å²) in [7, 11) is 0. The first-order valence-corrected chi connectivity index (χ1v) is 7.62. The van der Waals surface area contributed by atoms with Gasteiger partial charge in [0, 0.05) is 13.2 Å². The summed E-state index contributed by atoms with van der Waals surface area (Å²) in [5.74, 6) is 1.69. The second-order valence-electron chi connectivity index (χ2n) is 5.52. The first-order valence-electron chi connectivity index (χ1n) is 7.62. The zero-order chi connectivity index (χ0) is 14.4. The van der Waals surface area contributed by atoms with Gasteiger partial charge in [-0.05, 0) is 43.7 Å². The fourth-order valence-electron chi connectivity index (χ4n) is 3.01.